The number of halogens is 1. The van der Waals surface area contributed by atoms with E-state index in [0.717, 1.165) is 13.1 Å². The molecule has 6 N–H and O–H groups in total. The Kier molecular flexibility index (Phi) is 20.4. The summed E-state index contributed by atoms with van der Waals surface area (Å²) in [6.07, 6.45) is -2.16. The zero-order valence-electron chi connectivity index (χ0n) is 27.7. The quantitative estimate of drug-likeness (QED) is 0.112. The van der Waals surface area contributed by atoms with Gasteiger partial charge >= 0.3 is 6.09 Å². The summed E-state index contributed by atoms with van der Waals surface area (Å²) in [7, 11) is -1.63. The molecule has 0 radical (unpaired) electrons. The number of hydrogen-bond acceptors (Lipinski definition) is 8. The van der Waals surface area contributed by atoms with Crippen molar-refractivity contribution in [2.45, 2.75) is 52.7 Å². The van der Waals surface area contributed by atoms with Crippen LogP contribution in [-0.2, 0) is 34.7 Å². The minimum Gasteiger partial charge on any atom is -0.465 e. The molecule has 0 bridgehead atoms. The van der Waals surface area contributed by atoms with Crippen molar-refractivity contribution in [3.8, 4) is 0 Å². The summed E-state index contributed by atoms with van der Waals surface area (Å²) in [6, 6.07) is 6.90. The molecule has 19 heteroatoms. The summed E-state index contributed by atoms with van der Waals surface area (Å²) < 4.78 is 60.7. The van der Waals surface area contributed by atoms with Crippen molar-refractivity contribution >= 4 is 59.9 Å². The number of carbonyl (C=O) groups excluding carboxylic acids is 2. The van der Waals surface area contributed by atoms with Crippen LogP contribution in [0.5, 0.6) is 0 Å². The van der Waals surface area contributed by atoms with Gasteiger partial charge in [0.1, 0.15) is 12.2 Å². The van der Waals surface area contributed by atoms with Gasteiger partial charge in [0.15, 0.2) is 0 Å². The second kappa shape index (κ2) is 21.5. The number of carboxylic acid groups (broad SMARTS) is 1. The number of amides is 3. The van der Waals surface area contributed by atoms with E-state index >= 15 is 0 Å². The number of hydrogen-bond donors (Lipinski definition) is 6. The van der Waals surface area contributed by atoms with E-state index in [1.807, 2.05) is 27.7 Å². The summed E-state index contributed by atoms with van der Waals surface area (Å²) in [5, 5.41) is 15.8. The first-order valence-electron chi connectivity index (χ1n) is 14.5. The van der Waals surface area contributed by atoms with Gasteiger partial charge in [-0.15, -0.1) is 0 Å². The first kappa shape index (κ1) is 43.6. The molecule has 0 saturated carbocycles. The van der Waals surface area contributed by atoms with Crippen LogP contribution in [-0.4, -0.2) is 115 Å². The largest absolute Gasteiger partial charge is 0.465 e. The predicted octanol–water partition coefficient (Wildman–Crippen LogP) is 1.40. The van der Waals surface area contributed by atoms with Gasteiger partial charge in [-0.1, -0.05) is 43.6 Å². The van der Waals surface area contributed by atoms with Crippen LogP contribution in [0, 0.1) is 11.8 Å². The molecule has 1 aromatic rings. The summed E-state index contributed by atoms with van der Waals surface area (Å²) in [4.78, 5) is 35.7. The fourth-order valence-corrected chi connectivity index (χ4v) is 4.88. The summed E-state index contributed by atoms with van der Waals surface area (Å²) in [5.41, 5.74) is 0.570. The Bertz CT molecular complexity index is 1220. The van der Waals surface area contributed by atoms with E-state index in [4.69, 9.17) is 9.84 Å². The van der Waals surface area contributed by atoms with Crippen LogP contribution in [0.15, 0.2) is 28.7 Å². The molecule has 0 fully saturated rings. The van der Waals surface area contributed by atoms with Crippen molar-refractivity contribution in [2.75, 3.05) is 59.7 Å². The molecule has 1 aromatic carbocycles. The van der Waals surface area contributed by atoms with E-state index in [0.29, 0.717) is 18.5 Å². The molecule has 16 nitrogen and oxygen atoms in total. The maximum Gasteiger partial charge on any atom is 0.409 e. The van der Waals surface area contributed by atoms with E-state index in [2.05, 4.69) is 41.3 Å². The van der Waals surface area contributed by atoms with E-state index in [1.165, 1.54) is 28.2 Å². The molecule has 1 rings (SSSR count). The van der Waals surface area contributed by atoms with Gasteiger partial charge < -0.3 is 20.5 Å². The van der Waals surface area contributed by atoms with Crippen molar-refractivity contribution < 1.29 is 41.1 Å². The lowest BCUT2D eigenvalue weighted by Crippen LogP contribution is -2.47. The smallest absolute Gasteiger partial charge is 0.409 e. The number of nitrogens with zero attached hydrogens (tertiary/aromatic N) is 2. The first-order chi connectivity index (χ1) is 21.2. The van der Waals surface area contributed by atoms with Gasteiger partial charge in [0.05, 0.1) is 0 Å². The van der Waals surface area contributed by atoms with Crippen molar-refractivity contribution in [2.24, 2.45) is 11.8 Å². The van der Waals surface area contributed by atoms with Gasteiger partial charge in [0, 0.05) is 64.5 Å². The van der Waals surface area contributed by atoms with Gasteiger partial charge in [0.2, 0.25) is 11.8 Å². The number of carbonyl (C=O) groups is 3. The van der Waals surface area contributed by atoms with Gasteiger partial charge in [-0.2, -0.15) is 25.4 Å². The average Bonchev–Trinajstić information content (AvgIpc) is 2.93. The monoisotopic (exact) mass is 759 g/mol. The van der Waals surface area contributed by atoms with Crippen LogP contribution in [0.3, 0.4) is 0 Å². The van der Waals surface area contributed by atoms with Crippen molar-refractivity contribution in [3.05, 3.63) is 28.7 Å². The zero-order valence-corrected chi connectivity index (χ0v) is 30.9. The van der Waals surface area contributed by atoms with Crippen LogP contribution in [0.25, 0.3) is 0 Å². The Morgan fingerprint density at radius 2 is 1.11 bits per heavy atom. The third kappa shape index (κ3) is 19.3. The van der Waals surface area contributed by atoms with E-state index < -0.39 is 50.5 Å². The number of benzene rings is 1. The minimum atomic E-state index is -3.60. The molecular weight excluding hydrogens is 710 g/mol. The Morgan fingerprint density at radius 1 is 0.739 bits per heavy atom. The molecule has 0 aliphatic rings. The Labute approximate surface area is 281 Å². The number of anilines is 1. The van der Waals surface area contributed by atoms with Crippen molar-refractivity contribution in [1.29, 1.82) is 0 Å². The predicted molar refractivity (Wildman–Crippen MR) is 181 cm³/mol. The van der Waals surface area contributed by atoms with Crippen LogP contribution >= 0.6 is 15.9 Å². The Morgan fingerprint density at radius 3 is 1.41 bits per heavy atom. The topological polar surface area (TPSA) is 216 Å². The van der Waals surface area contributed by atoms with Crippen LogP contribution < -0.4 is 25.4 Å². The SMILES string of the molecule is CC(C)C[C@H](O[C@@H](CC(C)C)C(=O)NCCNS(=O)(=O)N(C)C)C(=O)NCCNS(=O)(=O)N(C)C.O=C(O)Nc1ccc(Br)cc1. The van der Waals surface area contributed by atoms with Gasteiger partial charge in [-0.05, 0) is 48.9 Å². The zero-order chi connectivity index (χ0) is 35.7. The fraction of sp³-hybridized carbons (Fsp3) is 0.667. The molecule has 0 aliphatic carbocycles. The molecular formula is C27H50BrN7O9S2. The van der Waals surface area contributed by atoms with Gasteiger partial charge in [0.25, 0.3) is 20.4 Å². The summed E-state index contributed by atoms with van der Waals surface area (Å²) in [5.74, 6) is -0.687. The lowest BCUT2D eigenvalue weighted by atomic mass is 10.0. The van der Waals surface area contributed by atoms with Gasteiger partial charge in [-0.3, -0.25) is 14.9 Å². The second-order valence-corrected chi connectivity index (χ2v) is 16.1. The summed E-state index contributed by atoms with van der Waals surface area (Å²) in [6.45, 7) is 7.78. The molecule has 46 heavy (non-hydrogen) atoms. The normalized spacial score (nSPS) is 13.2. The van der Waals surface area contributed by atoms with Crippen LogP contribution in [0.1, 0.15) is 40.5 Å². The summed E-state index contributed by atoms with van der Waals surface area (Å²) >= 11 is 3.24. The van der Waals surface area contributed by atoms with Gasteiger partial charge in [-0.25, -0.2) is 14.2 Å². The van der Waals surface area contributed by atoms with Crippen LogP contribution in [0.2, 0.25) is 0 Å². The standard InChI is InChI=1S/C20H44N6O7S2.C7H6BrNO2/c1-15(2)13-17(19(27)21-9-11-23-34(29,30)25(5)6)33-18(14-16(3)4)20(28)22-10-12-24-35(31,32)26(7)8;8-5-1-3-6(4-2-5)9-7(10)11/h15-18,23-24H,9-14H2,1-8H3,(H,21,27)(H,22,28);1-4,9H,(H,10,11)/t17-,18-;/m0./s1. The molecule has 0 aliphatic heterocycles. The molecule has 266 valence electrons. The lowest BCUT2D eigenvalue weighted by Gasteiger charge is -2.26. The van der Waals surface area contributed by atoms with E-state index in [9.17, 15) is 31.2 Å². The van der Waals surface area contributed by atoms with Crippen LogP contribution in [0.4, 0.5) is 10.5 Å². The molecule has 2 atom stereocenters. The number of nitrogens with one attached hydrogen (secondary N) is 5. The van der Waals surface area contributed by atoms with Crippen molar-refractivity contribution in [3.63, 3.8) is 0 Å². The Hall–Kier alpha value is -2.39. The fourth-order valence-electron chi connectivity index (χ4n) is 3.38. The maximum absolute atomic E-state index is 12.8. The third-order valence-electron chi connectivity index (χ3n) is 5.76. The molecule has 3 amide bonds. The first-order valence-corrected chi connectivity index (χ1v) is 18.2. The Balaban J connectivity index is 0.00000153. The highest BCUT2D eigenvalue weighted by atomic mass is 79.9. The highest BCUT2D eigenvalue weighted by molar-refractivity contribution is 9.10. The molecule has 0 heterocycles. The molecule has 0 spiro atoms. The third-order valence-corrected chi connectivity index (χ3v) is 9.35. The van der Waals surface area contributed by atoms with E-state index in [1.54, 1.807) is 24.3 Å². The molecule has 0 unspecified atom stereocenters. The maximum atomic E-state index is 12.8. The number of ether oxygens (including phenoxy) is 1. The van der Waals surface area contributed by atoms with Crippen molar-refractivity contribution in [1.82, 2.24) is 28.7 Å². The molecule has 0 saturated heterocycles. The lowest BCUT2D eigenvalue weighted by molar-refractivity contribution is -0.148. The highest BCUT2D eigenvalue weighted by Gasteiger charge is 2.29. The molecule has 0 aromatic heterocycles. The second-order valence-electron chi connectivity index (χ2n) is 11.3. The average molecular weight is 761 g/mol. The number of rotatable bonds is 19. The minimum absolute atomic E-state index is 0.000578. The highest BCUT2D eigenvalue weighted by Crippen LogP contribution is 2.16. The van der Waals surface area contributed by atoms with E-state index in [-0.39, 0.29) is 38.0 Å².